The number of amides is 1. The van der Waals surface area contributed by atoms with Crippen LogP contribution in [0.1, 0.15) is 37.8 Å². The van der Waals surface area contributed by atoms with Crippen LogP contribution in [0.25, 0.3) is 0 Å². The third-order valence-corrected chi connectivity index (χ3v) is 6.86. The van der Waals surface area contributed by atoms with Crippen molar-refractivity contribution in [3.8, 4) is 11.5 Å². The number of ether oxygens (including phenoxy) is 3. The number of carbonyl (C=O) groups is 2. The third kappa shape index (κ3) is 8.83. The van der Waals surface area contributed by atoms with Crippen LogP contribution >= 0.6 is 0 Å². The summed E-state index contributed by atoms with van der Waals surface area (Å²) in [6, 6.07) is 9.96. The van der Waals surface area contributed by atoms with Gasteiger partial charge in [0.2, 0.25) is 5.96 Å². The number of hydrogen-bond donors (Lipinski definition) is 4. The van der Waals surface area contributed by atoms with Gasteiger partial charge in [-0.15, -0.1) is 0 Å². The molecule has 0 saturated carbocycles. The van der Waals surface area contributed by atoms with Crippen LogP contribution in [0.4, 0.5) is 4.79 Å². The number of nitrogens with zero attached hydrogens (tertiary/aromatic N) is 1. The first-order valence-corrected chi connectivity index (χ1v) is 13.1. The average Bonchev–Trinajstić information content (AvgIpc) is 2.84. The molecule has 38 heavy (non-hydrogen) atoms. The van der Waals surface area contributed by atoms with Crippen molar-refractivity contribution in [3.63, 3.8) is 0 Å². The molecule has 0 aliphatic heterocycles. The monoisotopic (exact) mass is 550 g/mol. The molecule has 0 fully saturated rings. The largest absolute Gasteiger partial charge is 0.497 e. The zero-order chi connectivity index (χ0) is 28.5. The Morgan fingerprint density at radius 3 is 2.18 bits per heavy atom. The number of guanidine groups is 1. The van der Waals surface area contributed by atoms with Gasteiger partial charge in [-0.25, -0.2) is 22.7 Å². The van der Waals surface area contributed by atoms with Crippen molar-refractivity contribution in [2.24, 2.45) is 10.7 Å². The first-order chi connectivity index (χ1) is 17.8. The van der Waals surface area contributed by atoms with E-state index in [0.717, 1.165) is 5.56 Å². The molecular weight excluding hydrogens is 516 g/mol. The molecule has 5 N–H and O–H groups in total. The first kappa shape index (κ1) is 30.2. The average molecular weight is 551 g/mol. The van der Waals surface area contributed by atoms with Crippen LogP contribution < -0.4 is 25.2 Å². The van der Waals surface area contributed by atoms with Gasteiger partial charge in [0.05, 0.1) is 19.1 Å². The second-order valence-corrected chi connectivity index (χ2v) is 10.5. The molecule has 12 nitrogen and oxygen atoms in total. The van der Waals surface area contributed by atoms with E-state index in [9.17, 15) is 23.1 Å². The number of sulfonamides is 1. The topological polar surface area (TPSA) is 179 Å². The summed E-state index contributed by atoms with van der Waals surface area (Å²) < 4.78 is 42.9. The maximum absolute atomic E-state index is 12.5. The van der Waals surface area contributed by atoms with Gasteiger partial charge in [0.15, 0.2) is 0 Å². The molecule has 0 aromatic heterocycles. The van der Waals surface area contributed by atoms with Crippen molar-refractivity contribution in [3.05, 3.63) is 53.6 Å². The van der Waals surface area contributed by atoms with Crippen LogP contribution in [0.15, 0.2) is 52.4 Å². The summed E-state index contributed by atoms with van der Waals surface area (Å²) in [5, 5.41) is 11.9. The van der Waals surface area contributed by atoms with Gasteiger partial charge in [0, 0.05) is 18.2 Å². The SMILES string of the molecule is COc1cc(OC)cc(C(C)(C)OC(=O)NC(CCCN=C(N)NS(=O)(=O)c2ccc(C)cc2)C(=O)O)c1. The van der Waals surface area contributed by atoms with Gasteiger partial charge < -0.3 is 30.4 Å². The van der Waals surface area contributed by atoms with Crippen LogP contribution in [0.2, 0.25) is 0 Å². The highest BCUT2D eigenvalue weighted by molar-refractivity contribution is 7.90. The zero-order valence-corrected chi connectivity index (χ0v) is 22.8. The molecule has 2 rings (SSSR count). The fourth-order valence-electron chi connectivity index (χ4n) is 3.32. The predicted molar refractivity (Wildman–Crippen MR) is 141 cm³/mol. The summed E-state index contributed by atoms with van der Waals surface area (Å²) in [5.41, 5.74) is 6.03. The molecule has 1 unspecified atom stereocenters. The summed E-state index contributed by atoms with van der Waals surface area (Å²) in [5.74, 6) is -0.596. The standard InChI is InChI=1S/C25H34N4O8S/c1-16-8-10-20(11-9-16)38(33,34)29-23(26)27-12-6-7-21(22(30)31)28-24(32)37-25(2,3)17-13-18(35-4)15-19(14-17)36-5/h8-11,13-15,21H,6-7,12H2,1-5H3,(H,28,32)(H,30,31)(H3,26,27,29). The Morgan fingerprint density at radius 2 is 1.66 bits per heavy atom. The number of aliphatic imine (C=N–C) groups is 1. The van der Waals surface area contributed by atoms with Crippen molar-refractivity contribution >= 4 is 28.0 Å². The van der Waals surface area contributed by atoms with Crippen molar-refractivity contribution in [2.45, 2.75) is 50.2 Å². The Bertz CT molecular complexity index is 1240. The van der Waals surface area contributed by atoms with E-state index < -0.39 is 33.7 Å². The Hall–Kier alpha value is -4.00. The van der Waals surface area contributed by atoms with Crippen LogP contribution in [0, 0.1) is 6.92 Å². The van der Waals surface area contributed by atoms with Gasteiger partial charge in [0.1, 0.15) is 23.1 Å². The highest BCUT2D eigenvalue weighted by Gasteiger charge is 2.29. The second-order valence-electron chi connectivity index (χ2n) is 8.86. The summed E-state index contributed by atoms with van der Waals surface area (Å²) in [7, 11) is -0.911. The van der Waals surface area contributed by atoms with Crippen molar-refractivity contribution in [1.82, 2.24) is 10.0 Å². The lowest BCUT2D eigenvalue weighted by molar-refractivity contribution is -0.139. The molecule has 0 aliphatic carbocycles. The van der Waals surface area contributed by atoms with E-state index in [0.29, 0.717) is 17.1 Å². The lowest BCUT2D eigenvalue weighted by Gasteiger charge is -2.27. The van der Waals surface area contributed by atoms with Gasteiger partial charge in [-0.05, 0) is 57.9 Å². The van der Waals surface area contributed by atoms with Crippen LogP contribution in [0.5, 0.6) is 11.5 Å². The fourth-order valence-corrected chi connectivity index (χ4v) is 4.27. The molecule has 2 aromatic carbocycles. The van der Waals surface area contributed by atoms with E-state index >= 15 is 0 Å². The molecular formula is C25H34N4O8S. The number of hydrogen-bond acceptors (Lipinski definition) is 8. The first-order valence-electron chi connectivity index (χ1n) is 11.6. The van der Waals surface area contributed by atoms with Crippen molar-refractivity contribution in [1.29, 1.82) is 0 Å². The number of nitrogens with two attached hydrogens (primary N) is 1. The molecule has 0 heterocycles. The highest BCUT2D eigenvalue weighted by atomic mass is 32.2. The van der Waals surface area contributed by atoms with E-state index in [4.69, 9.17) is 19.9 Å². The van der Waals surface area contributed by atoms with E-state index in [1.165, 1.54) is 26.4 Å². The fraction of sp³-hybridized carbons (Fsp3) is 0.400. The molecule has 0 saturated heterocycles. The molecule has 208 valence electrons. The number of aliphatic carboxylic acids is 1. The number of carboxylic acid groups (broad SMARTS) is 1. The molecule has 13 heteroatoms. The quantitative estimate of drug-likeness (QED) is 0.175. The lowest BCUT2D eigenvalue weighted by Crippen LogP contribution is -2.43. The number of aryl methyl sites for hydroxylation is 1. The van der Waals surface area contributed by atoms with Crippen LogP contribution in [-0.2, 0) is 25.2 Å². The Kier molecular flexibility index (Phi) is 10.3. The predicted octanol–water partition coefficient (Wildman–Crippen LogP) is 2.50. The van der Waals surface area contributed by atoms with Crippen molar-refractivity contribution < 1.29 is 37.3 Å². The Morgan fingerprint density at radius 1 is 1.08 bits per heavy atom. The molecule has 0 spiro atoms. The van der Waals surface area contributed by atoms with Crippen molar-refractivity contribution in [2.75, 3.05) is 20.8 Å². The number of carbonyl (C=O) groups excluding carboxylic acids is 1. The highest BCUT2D eigenvalue weighted by Crippen LogP contribution is 2.32. The number of carboxylic acids is 1. The third-order valence-electron chi connectivity index (χ3n) is 5.49. The minimum atomic E-state index is -3.90. The zero-order valence-electron chi connectivity index (χ0n) is 22.0. The van der Waals surface area contributed by atoms with E-state index in [1.807, 2.05) is 6.92 Å². The molecule has 1 atom stereocenters. The van der Waals surface area contributed by atoms with Crippen LogP contribution in [-0.4, -0.2) is 58.4 Å². The number of rotatable bonds is 12. The molecule has 0 radical (unpaired) electrons. The molecule has 1 amide bonds. The Balaban J connectivity index is 1.94. The number of benzene rings is 2. The maximum Gasteiger partial charge on any atom is 0.408 e. The van der Waals surface area contributed by atoms with E-state index in [1.54, 1.807) is 44.2 Å². The summed E-state index contributed by atoms with van der Waals surface area (Å²) in [6.07, 6.45) is -0.738. The summed E-state index contributed by atoms with van der Waals surface area (Å²) >= 11 is 0. The lowest BCUT2D eigenvalue weighted by atomic mass is 9.97. The molecule has 0 aliphatic rings. The van der Waals surface area contributed by atoms with Gasteiger partial charge in [-0.3, -0.25) is 4.99 Å². The minimum Gasteiger partial charge on any atom is -0.497 e. The molecule has 2 aromatic rings. The molecule has 0 bridgehead atoms. The van der Waals surface area contributed by atoms with Gasteiger partial charge in [-0.1, -0.05) is 17.7 Å². The number of nitrogens with one attached hydrogen (secondary N) is 2. The summed E-state index contributed by atoms with van der Waals surface area (Å²) in [6.45, 7) is 5.15. The number of alkyl carbamates (subject to hydrolysis) is 1. The Labute approximate surface area is 222 Å². The summed E-state index contributed by atoms with van der Waals surface area (Å²) in [4.78, 5) is 28.2. The smallest absolute Gasteiger partial charge is 0.408 e. The van der Waals surface area contributed by atoms with Crippen LogP contribution in [0.3, 0.4) is 0 Å². The normalized spacial score (nSPS) is 12.8. The minimum absolute atomic E-state index is 0.000658. The van der Waals surface area contributed by atoms with Gasteiger partial charge in [-0.2, -0.15) is 0 Å². The maximum atomic E-state index is 12.5. The van der Waals surface area contributed by atoms with Gasteiger partial charge >= 0.3 is 12.1 Å². The van der Waals surface area contributed by atoms with Gasteiger partial charge in [0.25, 0.3) is 10.0 Å². The van der Waals surface area contributed by atoms with E-state index in [2.05, 4.69) is 15.0 Å². The van der Waals surface area contributed by atoms with E-state index in [-0.39, 0.29) is 30.2 Å². The second kappa shape index (κ2) is 13.0. The number of methoxy groups -OCH3 is 2.